The van der Waals surface area contributed by atoms with Gasteiger partial charge in [-0.15, -0.1) is 0 Å². The van der Waals surface area contributed by atoms with Crippen LogP contribution in [0.4, 0.5) is 0 Å². The van der Waals surface area contributed by atoms with Crippen molar-refractivity contribution in [2.24, 2.45) is 7.05 Å². The van der Waals surface area contributed by atoms with Gasteiger partial charge in [-0.3, -0.25) is 9.59 Å². The molecule has 3 heterocycles. The minimum atomic E-state index is -0.823. The van der Waals surface area contributed by atoms with Crippen molar-refractivity contribution in [2.45, 2.75) is 12.6 Å². The summed E-state index contributed by atoms with van der Waals surface area (Å²) in [5.74, 6) is -1.28. The van der Waals surface area contributed by atoms with Gasteiger partial charge in [0.2, 0.25) is 0 Å². The van der Waals surface area contributed by atoms with Crippen LogP contribution in [0, 0.1) is 0 Å². The second-order valence-electron chi connectivity index (χ2n) is 7.85. The lowest BCUT2D eigenvalue weighted by Gasteiger charge is -2.24. The van der Waals surface area contributed by atoms with Gasteiger partial charge in [0.15, 0.2) is 0 Å². The van der Waals surface area contributed by atoms with E-state index in [2.05, 4.69) is 0 Å². The first-order valence-electron chi connectivity index (χ1n) is 10.2. The van der Waals surface area contributed by atoms with Gasteiger partial charge in [-0.25, -0.2) is 0 Å². The molecule has 33 heavy (non-hydrogen) atoms. The lowest BCUT2D eigenvalue weighted by molar-refractivity contribution is -0.140. The number of likely N-dealkylation sites (tertiary alicyclic amines) is 1. The molecule has 1 amide bonds. The fourth-order valence-corrected chi connectivity index (χ4v) is 4.62. The minimum absolute atomic E-state index is 0.0127. The third kappa shape index (κ3) is 3.52. The molecule has 2 aromatic heterocycles. The van der Waals surface area contributed by atoms with Gasteiger partial charge in [0, 0.05) is 35.3 Å². The molecule has 0 saturated carbocycles. The molecule has 166 valence electrons. The van der Waals surface area contributed by atoms with E-state index in [1.165, 1.54) is 23.3 Å². The van der Waals surface area contributed by atoms with Crippen LogP contribution >= 0.6 is 23.2 Å². The number of carbonyl (C=O) groups excluding carboxylic acids is 2. The molecule has 1 atom stereocenters. The molecule has 1 aliphatic heterocycles. The number of nitrogens with zero attached hydrogens (tertiary/aromatic N) is 2. The number of ketones is 1. The highest BCUT2D eigenvalue weighted by molar-refractivity contribution is 6.47. The molecule has 0 radical (unpaired) electrons. The number of Topliss-reactive ketones (excluding diaryl/α,β-unsaturated/α-hetero) is 1. The highest BCUT2D eigenvalue weighted by atomic mass is 35.5. The summed E-state index contributed by atoms with van der Waals surface area (Å²) in [5, 5.41) is 12.6. The predicted molar refractivity (Wildman–Crippen MR) is 126 cm³/mol. The van der Waals surface area contributed by atoms with E-state index in [4.69, 9.17) is 27.6 Å². The quantitative estimate of drug-likeness (QED) is 0.231. The van der Waals surface area contributed by atoms with Gasteiger partial charge < -0.3 is 19.0 Å². The van der Waals surface area contributed by atoms with E-state index in [9.17, 15) is 14.7 Å². The van der Waals surface area contributed by atoms with Crippen LogP contribution < -0.4 is 0 Å². The number of aromatic nitrogens is 1. The van der Waals surface area contributed by atoms with Crippen LogP contribution in [0.25, 0.3) is 16.7 Å². The molecule has 0 bridgehead atoms. The van der Waals surface area contributed by atoms with Crippen molar-refractivity contribution in [3.05, 3.63) is 99.6 Å². The second-order valence-corrected chi connectivity index (χ2v) is 8.66. The Morgan fingerprint density at radius 1 is 1.06 bits per heavy atom. The van der Waals surface area contributed by atoms with Gasteiger partial charge >= 0.3 is 0 Å². The smallest absolute Gasteiger partial charge is 0.296 e. The number of fused-ring (bicyclic) bond motifs is 1. The number of rotatable bonds is 4. The van der Waals surface area contributed by atoms with Crippen molar-refractivity contribution < 1.29 is 19.1 Å². The van der Waals surface area contributed by atoms with E-state index in [-0.39, 0.29) is 22.9 Å². The van der Waals surface area contributed by atoms with E-state index in [0.29, 0.717) is 16.3 Å². The molecule has 5 rings (SSSR count). The normalized spacial score (nSPS) is 17.9. The molecule has 1 unspecified atom stereocenters. The third-order valence-corrected chi connectivity index (χ3v) is 6.60. The standard InChI is InChI=1S/C25H18Cl2N2O4/c1-28-13-17(16-6-2-3-7-20(16)28)22-21(23(30)14-8-9-18(26)19(27)11-14)24(31)25(32)29(22)12-15-5-4-10-33-15/h2-11,13,22,30H,12H2,1H3/b23-21+. The zero-order valence-corrected chi connectivity index (χ0v) is 19.0. The fourth-order valence-electron chi connectivity index (χ4n) is 4.33. The maximum Gasteiger partial charge on any atom is 0.296 e. The Morgan fingerprint density at radius 3 is 2.58 bits per heavy atom. The minimum Gasteiger partial charge on any atom is -0.507 e. The number of carbonyl (C=O) groups is 2. The van der Waals surface area contributed by atoms with Gasteiger partial charge in [-0.1, -0.05) is 41.4 Å². The molecular formula is C25H18Cl2N2O4. The molecule has 0 spiro atoms. The number of aliphatic hydroxyl groups excluding tert-OH is 1. The van der Waals surface area contributed by atoms with Crippen molar-refractivity contribution in [2.75, 3.05) is 0 Å². The summed E-state index contributed by atoms with van der Waals surface area (Å²) in [6.07, 6.45) is 3.38. The predicted octanol–water partition coefficient (Wildman–Crippen LogP) is 5.70. The van der Waals surface area contributed by atoms with E-state index in [1.807, 2.05) is 42.1 Å². The molecular weight excluding hydrogens is 463 g/mol. The Labute approximate surface area is 199 Å². The summed E-state index contributed by atoms with van der Waals surface area (Å²) in [6, 6.07) is 14.9. The van der Waals surface area contributed by atoms with Gasteiger partial charge in [0.05, 0.1) is 34.5 Å². The summed E-state index contributed by atoms with van der Waals surface area (Å²) in [5.41, 5.74) is 1.94. The lowest BCUT2D eigenvalue weighted by Crippen LogP contribution is -2.29. The zero-order valence-electron chi connectivity index (χ0n) is 17.5. The van der Waals surface area contributed by atoms with Crippen molar-refractivity contribution in [1.29, 1.82) is 0 Å². The Morgan fingerprint density at radius 2 is 1.85 bits per heavy atom. The first-order valence-corrected chi connectivity index (χ1v) is 10.9. The topological polar surface area (TPSA) is 75.7 Å². The SMILES string of the molecule is Cn1cc(C2/C(=C(\O)c3ccc(Cl)c(Cl)c3)C(=O)C(=O)N2Cc2ccco2)c2ccccc21. The van der Waals surface area contributed by atoms with Gasteiger partial charge in [0.25, 0.3) is 11.7 Å². The number of furan rings is 1. The molecule has 8 heteroatoms. The number of para-hydroxylation sites is 1. The number of aliphatic hydroxyl groups is 1. The number of halogens is 2. The summed E-state index contributed by atoms with van der Waals surface area (Å²) >= 11 is 12.2. The molecule has 1 fully saturated rings. The molecule has 4 aromatic rings. The van der Waals surface area contributed by atoms with Crippen LogP contribution in [0.15, 0.2) is 77.0 Å². The molecule has 1 N–H and O–H groups in total. The number of hydrogen-bond donors (Lipinski definition) is 1. The maximum atomic E-state index is 13.2. The average molecular weight is 481 g/mol. The van der Waals surface area contributed by atoms with Crippen LogP contribution in [0.3, 0.4) is 0 Å². The highest BCUT2D eigenvalue weighted by Gasteiger charge is 2.47. The van der Waals surface area contributed by atoms with E-state index < -0.39 is 17.7 Å². The lowest BCUT2D eigenvalue weighted by atomic mass is 9.95. The van der Waals surface area contributed by atoms with Crippen molar-refractivity contribution >= 4 is 51.6 Å². The molecule has 2 aromatic carbocycles. The van der Waals surface area contributed by atoms with Crippen LogP contribution in [0.2, 0.25) is 10.0 Å². The second kappa shape index (κ2) is 8.14. The van der Waals surface area contributed by atoms with Gasteiger partial charge in [0.1, 0.15) is 11.5 Å². The van der Waals surface area contributed by atoms with Crippen LogP contribution in [0.1, 0.15) is 22.9 Å². The van der Waals surface area contributed by atoms with Crippen molar-refractivity contribution in [3.63, 3.8) is 0 Å². The average Bonchev–Trinajstić information content (AvgIpc) is 3.50. The zero-order chi connectivity index (χ0) is 23.3. The number of hydrogen-bond acceptors (Lipinski definition) is 4. The van der Waals surface area contributed by atoms with Crippen LogP contribution in [-0.4, -0.2) is 26.3 Å². The first kappa shape index (κ1) is 21.4. The van der Waals surface area contributed by atoms with E-state index >= 15 is 0 Å². The van der Waals surface area contributed by atoms with E-state index in [0.717, 1.165) is 16.5 Å². The van der Waals surface area contributed by atoms with Crippen molar-refractivity contribution in [1.82, 2.24) is 9.47 Å². The highest BCUT2D eigenvalue weighted by Crippen LogP contribution is 2.43. The molecule has 1 saturated heterocycles. The molecule has 0 aliphatic carbocycles. The molecule has 6 nitrogen and oxygen atoms in total. The summed E-state index contributed by atoms with van der Waals surface area (Å²) in [4.78, 5) is 27.8. The Kier molecular flexibility index (Phi) is 5.27. The Balaban J connectivity index is 1.75. The summed E-state index contributed by atoms with van der Waals surface area (Å²) < 4.78 is 7.37. The Hall–Kier alpha value is -3.48. The molecule has 1 aliphatic rings. The maximum absolute atomic E-state index is 13.2. The number of benzene rings is 2. The Bertz CT molecular complexity index is 1440. The largest absolute Gasteiger partial charge is 0.507 e. The van der Waals surface area contributed by atoms with Crippen LogP contribution in [-0.2, 0) is 23.2 Å². The van der Waals surface area contributed by atoms with Gasteiger partial charge in [-0.2, -0.15) is 0 Å². The van der Waals surface area contributed by atoms with Crippen molar-refractivity contribution in [3.8, 4) is 0 Å². The summed E-state index contributed by atoms with van der Waals surface area (Å²) in [6.45, 7) is 0.0730. The monoisotopic (exact) mass is 480 g/mol. The summed E-state index contributed by atoms with van der Waals surface area (Å²) in [7, 11) is 1.89. The number of amides is 1. The first-order chi connectivity index (χ1) is 15.9. The van der Waals surface area contributed by atoms with Gasteiger partial charge in [-0.05, 0) is 36.4 Å². The fraction of sp³-hybridized carbons (Fsp3) is 0.120. The van der Waals surface area contributed by atoms with E-state index in [1.54, 1.807) is 18.2 Å². The third-order valence-electron chi connectivity index (χ3n) is 5.86. The number of aryl methyl sites for hydroxylation is 1. The van der Waals surface area contributed by atoms with Crippen LogP contribution in [0.5, 0.6) is 0 Å².